The van der Waals surface area contributed by atoms with Crippen molar-refractivity contribution in [1.82, 2.24) is 0 Å². The molecule has 150 valence electrons. The van der Waals surface area contributed by atoms with Gasteiger partial charge in [-0.3, -0.25) is 10.1 Å². The fourth-order valence-corrected chi connectivity index (χ4v) is 2.39. The van der Waals surface area contributed by atoms with E-state index in [1.54, 1.807) is 24.3 Å². The highest BCUT2D eigenvalue weighted by Crippen LogP contribution is 2.43. The summed E-state index contributed by atoms with van der Waals surface area (Å²) in [5.74, 6) is 0.844. The van der Waals surface area contributed by atoms with E-state index in [-0.39, 0.29) is 0 Å². The van der Waals surface area contributed by atoms with Crippen molar-refractivity contribution in [2.45, 2.75) is 11.8 Å². The second-order valence-corrected chi connectivity index (χ2v) is 5.64. The second-order valence-electron chi connectivity index (χ2n) is 5.64. The van der Waals surface area contributed by atoms with Crippen LogP contribution in [0.25, 0.3) is 0 Å². The molecule has 0 bridgehead atoms. The van der Waals surface area contributed by atoms with Crippen molar-refractivity contribution < 1.29 is 32.4 Å². The van der Waals surface area contributed by atoms with Crippen molar-refractivity contribution in [3.05, 3.63) is 69.8 Å². The normalized spacial score (nSPS) is 13.8. The maximum absolute atomic E-state index is 13.9. The molecule has 0 amide bonds. The lowest BCUT2D eigenvalue weighted by Crippen LogP contribution is -2.49. The molecule has 0 unspecified atom stereocenters. The van der Waals surface area contributed by atoms with Gasteiger partial charge in [0.2, 0.25) is 0 Å². The van der Waals surface area contributed by atoms with Gasteiger partial charge in [-0.1, -0.05) is 17.3 Å². The topological polar surface area (TPSA) is 83.2 Å². The first-order chi connectivity index (χ1) is 13.2. The molecule has 2 aromatic rings. The van der Waals surface area contributed by atoms with Crippen LogP contribution in [0.2, 0.25) is 0 Å². The van der Waals surface area contributed by atoms with Crippen molar-refractivity contribution in [3.8, 4) is 11.5 Å². The molecule has 0 N–H and O–H groups in total. The number of benzene rings is 2. The van der Waals surface area contributed by atoms with Crippen molar-refractivity contribution in [2.24, 2.45) is 5.16 Å². The van der Waals surface area contributed by atoms with Crippen LogP contribution in [0.15, 0.2) is 53.7 Å². The van der Waals surface area contributed by atoms with E-state index in [4.69, 9.17) is 14.3 Å². The van der Waals surface area contributed by atoms with E-state index >= 15 is 0 Å². The van der Waals surface area contributed by atoms with Crippen LogP contribution in [0.3, 0.4) is 0 Å². The Morgan fingerprint density at radius 1 is 1.00 bits per heavy atom. The van der Waals surface area contributed by atoms with Gasteiger partial charge in [-0.2, -0.15) is 13.2 Å². The summed E-state index contributed by atoms with van der Waals surface area (Å²) in [5, 5.41) is 14.4. The van der Waals surface area contributed by atoms with E-state index in [2.05, 4.69) is 5.16 Å². The predicted molar refractivity (Wildman–Crippen MR) is 94.3 cm³/mol. The molecule has 0 fully saturated rings. The van der Waals surface area contributed by atoms with Gasteiger partial charge in [-0.05, 0) is 42.0 Å². The molecular weight excluding hydrogens is 381 g/mol. The number of hydrogen-bond acceptors (Lipinski definition) is 6. The zero-order chi connectivity index (χ0) is 20.8. The zero-order valence-corrected chi connectivity index (χ0v) is 15.0. The molecular formula is C18H17F3N2O5. The smallest absolute Gasteiger partial charge is 0.442 e. The molecule has 0 aromatic heterocycles. The number of nitro groups is 1. The largest absolute Gasteiger partial charge is 0.497 e. The number of hydrogen-bond donors (Lipinski definition) is 0. The highest BCUT2D eigenvalue weighted by atomic mass is 19.4. The molecule has 1 atom stereocenters. The Morgan fingerprint density at radius 3 is 1.93 bits per heavy atom. The Balaban J connectivity index is 2.40. The highest BCUT2D eigenvalue weighted by molar-refractivity contribution is 5.79. The van der Waals surface area contributed by atoms with Crippen LogP contribution in [0.5, 0.6) is 11.5 Å². The van der Waals surface area contributed by atoms with E-state index in [1.165, 1.54) is 26.4 Å². The number of rotatable bonds is 8. The number of oxime groups is 1. The van der Waals surface area contributed by atoms with E-state index in [0.29, 0.717) is 17.1 Å². The summed E-state index contributed by atoms with van der Waals surface area (Å²) < 4.78 is 51.5. The summed E-state index contributed by atoms with van der Waals surface area (Å²) in [7, 11) is 2.81. The number of nitrogens with zero attached hydrogens (tertiary/aromatic N) is 2. The summed E-state index contributed by atoms with van der Waals surface area (Å²) in [5.41, 5.74) is -3.30. The maximum atomic E-state index is 13.9. The van der Waals surface area contributed by atoms with E-state index < -0.39 is 28.8 Å². The lowest BCUT2D eigenvalue weighted by molar-refractivity contribution is -0.522. The lowest BCUT2D eigenvalue weighted by Gasteiger charge is -2.30. The fourth-order valence-electron chi connectivity index (χ4n) is 2.39. The van der Waals surface area contributed by atoms with Gasteiger partial charge in [0, 0.05) is 10.5 Å². The summed E-state index contributed by atoms with van der Waals surface area (Å²) in [4.78, 5) is 14.7. The van der Waals surface area contributed by atoms with Crippen molar-refractivity contribution in [1.29, 1.82) is 0 Å². The van der Waals surface area contributed by atoms with Crippen LogP contribution in [-0.4, -0.2) is 38.1 Å². The quantitative estimate of drug-likeness (QED) is 0.384. The maximum Gasteiger partial charge on any atom is 0.442 e. The first-order valence-corrected chi connectivity index (χ1v) is 7.90. The van der Waals surface area contributed by atoms with Crippen LogP contribution in [-0.2, 0) is 10.4 Å². The first kappa shape index (κ1) is 21.0. The Bertz CT molecular complexity index is 823. The molecule has 0 saturated heterocycles. The number of alkyl halides is 3. The predicted octanol–water partition coefficient (Wildman–Crippen LogP) is 3.79. The summed E-state index contributed by atoms with van der Waals surface area (Å²) in [6.45, 7) is -1.55. The monoisotopic (exact) mass is 398 g/mol. The van der Waals surface area contributed by atoms with Gasteiger partial charge in [0.25, 0.3) is 6.54 Å². The lowest BCUT2D eigenvalue weighted by atomic mass is 9.93. The third kappa shape index (κ3) is 4.70. The highest BCUT2D eigenvalue weighted by Gasteiger charge is 2.63. The minimum atomic E-state index is -5.11. The Labute approximate surface area is 158 Å². The van der Waals surface area contributed by atoms with Crippen LogP contribution in [0.4, 0.5) is 13.2 Å². The SMILES string of the molecule is COc1ccc(/C=N/O[C@](C[N+](=O)[O-])(c2ccc(OC)cc2)C(F)(F)F)cc1. The molecule has 0 aliphatic rings. The standard InChI is InChI=1S/C18H17F3N2O5/c1-26-15-7-3-13(4-8-15)11-22-28-17(12-23(24)25,18(19,20)21)14-5-9-16(27-2)10-6-14/h3-11H,12H2,1-2H3/b22-11+/t17-/m1/s1. The molecule has 28 heavy (non-hydrogen) atoms. The van der Waals surface area contributed by atoms with Gasteiger partial charge in [-0.15, -0.1) is 0 Å². The van der Waals surface area contributed by atoms with Gasteiger partial charge < -0.3 is 14.3 Å². The minimum Gasteiger partial charge on any atom is -0.497 e. The van der Waals surface area contributed by atoms with Gasteiger partial charge in [0.15, 0.2) is 0 Å². The van der Waals surface area contributed by atoms with Crippen LogP contribution < -0.4 is 9.47 Å². The second kappa shape index (κ2) is 8.59. The van der Waals surface area contributed by atoms with Crippen molar-refractivity contribution >= 4 is 6.21 Å². The third-order valence-corrected chi connectivity index (χ3v) is 3.89. The third-order valence-electron chi connectivity index (χ3n) is 3.89. The first-order valence-electron chi connectivity index (χ1n) is 7.90. The van der Waals surface area contributed by atoms with Gasteiger partial charge in [-0.25, -0.2) is 0 Å². The average molecular weight is 398 g/mol. The number of halogens is 3. The number of ether oxygens (including phenoxy) is 2. The molecule has 0 saturated carbocycles. The summed E-state index contributed by atoms with van der Waals surface area (Å²) in [6.07, 6.45) is -4.07. The molecule has 0 heterocycles. The molecule has 0 aliphatic carbocycles. The average Bonchev–Trinajstić information content (AvgIpc) is 2.66. The molecule has 7 nitrogen and oxygen atoms in total. The number of methoxy groups -OCH3 is 2. The van der Waals surface area contributed by atoms with Gasteiger partial charge in [0.1, 0.15) is 11.5 Å². The molecule has 2 rings (SSSR count). The van der Waals surface area contributed by atoms with Crippen molar-refractivity contribution in [3.63, 3.8) is 0 Å². The molecule has 2 aromatic carbocycles. The van der Waals surface area contributed by atoms with Crippen LogP contribution in [0, 0.1) is 10.1 Å². The van der Waals surface area contributed by atoms with Crippen LogP contribution in [0.1, 0.15) is 11.1 Å². The van der Waals surface area contributed by atoms with E-state index in [0.717, 1.165) is 18.3 Å². The molecule has 0 radical (unpaired) electrons. The Kier molecular flexibility index (Phi) is 6.45. The zero-order valence-electron chi connectivity index (χ0n) is 15.0. The molecule has 10 heteroatoms. The summed E-state index contributed by atoms with van der Waals surface area (Å²) >= 11 is 0. The van der Waals surface area contributed by atoms with Crippen molar-refractivity contribution in [2.75, 3.05) is 20.8 Å². The van der Waals surface area contributed by atoms with Gasteiger partial charge in [0.05, 0.1) is 20.4 Å². The van der Waals surface area contributed by atoms with Crippen LogP contribution >= 0.6 is 0 Å². The minimum absolute atomic E-state index is 0.294. The Hall–Kier alpha value is -3.30. The Morgan fingerprint density at radius 2 is 1.50 bits per heavy atom. The van der Waals surface area contributed by atoms with Gasteiger partial charge >= 0.3 is 11.8 Å². The van der Waals surface area contributed by atoms with E-state index in [1.807, 2.05) is 0 Å². The molecule has 0 aliphatic heterocycles. The molecule has 0 spiro atoms. The fraction of sp³-hybridized carbons (Fsp3) is 0.278. The van der Waals surface area contributed by atoms with E-state index in [9.17, 15) is 23.3 Å². The summed E-state index contributed by atoms with van der Waals surface area (Å²) in [6, 6.07) is 10.9.